The van der Waals surface area contributed by atoms with E-state index in [0.717, 1.165) is 24.2 Å². The Morgan fingerprint density at radius 1 is 1.56 bits per heavy atom. The maximum Gasteiger partial charge on any atom is 0.0503 e. The molecule has 0 spiro atoms. The molecule has 1 heterocycles. The Morgan fingerprint density at radius 3 is 3.06 bits per heavy atom. The molecule has 1 fully saturated rings. The van der Waals surface area contributed by atoms with Gasteiger partial charge in [0, 0.05) is 30.7 Å². The van der Waals surface area contributed by atoms with E-state index in [1.54, 1.807) is 7.11 Å². The van der Waals surface area contributed by atoms with Gasteiger partial charge < -0.3 is 10.5 Å². The zero-order chi connectivity index (χ0) is 13.0. The number of rotatable bonds is 5. The van der Waals surface area contributed by atoms with Crippen LogP contribution in [-0.2, 0) is 4.74 Å². The molecule has 1 aromatic rings. The molecule has 2 atom stereocenters. The van der Waals surface area contributed by atoms with E-state index in [1.807, 2.05) is 0 Å². The first-order valence-electron chi connectivity index (χ1n) is 6.43. The Bertz CT molecular complexity index is 386. The summed E-state index contributed by atoms with van der Waals surface area (Å²) in [4.78, 5) is 2.48. The van der Waals surface area contributed by atoms with Crippen molar-refractivity contribution < 1.29 is 4.74 Å². The third-order valence-corrected chi connectivity index (χ3v) is 4.11. The number of halogens is 1. The molecule has 1 aromatic carbocycles. The Balaban J connectivity index is 2.06. The third kappa shape index (κ3) is 3.32. The highest BCUT2D eigenvalue weighted by Gasteiger charge is 2.28. The Labute approximate surface area is 117 Å². The summed E-state index contributed by atoms with van der Waals surface area (Å²) in [7, 11) is 1.78. The fourth-order valence-electron chi connectivity index (χ4n) is 2.73. The van der Waals surface area contributed by atoms with Gasteiger partial charge in [-0.15, -0.1) is 0 Å². The van der Waals surface area contributed by atoms with Crippen LogP contribution in [0.25, 0.3) is 0 Å². The second kappa shape index (κ2) is 6.66. The van der Waals surface area contributed by atoms with Gasteiger partial charge in [0.1, 0.15) is 0 Å². The Hall–Kier alpha value is -0.420. The molecule has 0 bridgehead atoms. The van der Waals surface area contributed by atoms with E-state index in [4.69, 9.17) is 10.5 Å². The zero-order valence-electron chi connectivity index (χ0n) is 10.8. The standard InChI is InChI=1S/C14H21BrN2O/c1-18-10-11-5-6-17(9-11)14(8-16)12-3-2-4-13(15)7-12/h2-4,7,11,14H,5-6,8-10,16H2,1H3. The summed E-state index contributed by atoms with van der Waals surface area (Å²) >= 11 is 3.53. The maximum absolute atomic E-state index is 5.97. The van der Waals surface area contributed by atoms with E-state index in [2.05, 4.69) is 45.1 Å². The van der Waals surface area contributed by atoms with Crippen LogP contribution in [0.15, 0.2) is 28.7 Å². The molecular formula is C14H21BrN2O. The first-order chi connectivity index (χ1) is 8.74. The Kier molecular flexibility index (Phi) is 5.18. The van der Waals surface area contributed by atoms with Crippen molar-refractivity contribution in [3.8, 4) is 0 Å². The van der Waals surface area contributed by atoms with Crippen molar-refractivity contribution in [2.24, 2.45) is 11.7 Å². The molecule has 2 rings (SSSR count). The summed E-state index contributed by atoms with van der Waals surface area (Å²) < 4.78 is 6.36. The molecule has 3 nitrogen and oxygen atoms in total. The largest absolute Gasteiger partial charge is 0.384 e. The predicted octanol–water partition coefficient (Wildman–Crippen LogP) is 2.42. The van der Waals surface area contributed by atoms with Crippen LogP contribution in [0.2, 0.25) is 0 Å². The molecule has 0 amide bonds. The van der Waals surface area contributed by atoms with Crippen LogP contribution < -0.4 is 5.73 Å². The number of ether oxygens (including phenoxy) is 1. The summed E-state index contributed by atoms with van der Waals surface area (Å²) in [5.74, 6) is 0.649. The summed E-state index contributed by atoms with van der Waals surface area (Å²) in [6.45, 7) is 3.72. The van der Waals surface area contributed by atoms with E-state index >= 15 is 0 Å². The van der Waals surface area contributed by atoms with Crippen molar-refractivity contribution in [3.05, 3.63) is 34.3 Å². The highest BCUT2D eigenvalue weighted by molar-refractivity contribution is 9.10. The van der Waals surface area contributed by atoms with Crippen LogP contribution in [0.5, 0.6) is 0 Å². The highest BCUT2D eigenvalue weighted by atomic mass is 79.9. The molecule has 0 saturated carbocycles. The second-order valence-electron chi connectivity index (χ2n) is 4.91. The minimum absolute atomic E-state index is 0.323. The smallest absolute Gasteiger partial charge is 0.0503 e. The fourth-order valence-corrected chi connectivity index (χ4v) is 3.14. The molecule has 1 saturated heterocycles. The SMILES string of the molecule is COCC1CCN(C(CN)c2cccc(Br)c2)C1. The lowest BCUT2D eigenvalue weighted by atomic mass is 10.1. The molecular weight excluding hydrogens is 292 g/mol. The first-order valence-corrected chi connectivity index (χ1v) is 7.22. The van der Waals surface area contributed by atoms with Crippen LogP contribution >= 0.6 is 15.9 Å². The molecule has 4 heteroatoms. The molecule has 0 aromatic heterocycles. The fraction of sp³-hybridized carbons (Fsp3) is 0.571. The van der Waals surface area contributed by atoms with Crippen LogP contribution in [0.1, 0.15) is 18.0 Å². The molecule has 2 unspecified atom stereocenters. The molecule has 2 N–H and O–H groups in total. The van der Waals surface area contributed by atoms with E-state index in [0.29, 0.717) is 18.5 Å². The highest BCUT2D eigenvalue weighted by Crippen LogP contribution is 2.28. The van der Waals surface area contributed by atoms with Gasteiger partial charge in [0.25, 0.3) is 0 Å². The van der Waals surface area contributed by atoms with Crippen LogP contribution in [0, 0.1) is 5.92 Å². The number of hydrogen-bond acceptors (Lipinski definition) is 3. The van der Waals surface area contributed by atoms with Crippen molar-refractivity contribution >= 4 is 15.9 Å². The second-order valence-corrected chi connectivity index (χ2v) is 5.83. The topological polar surface area (TPSA) is 38.5 Å². The number of nitrogens with two attached hydrogens (primary N) is 1. The lowest BCUT2D eigenvalue weighted by molar-refractivity contribution is 0.147. The first kappa shape index (κ1) is 14.0. The van der Waals surface area contributed by atoms with Gasteiger partial charge in [-0.25, -0.2) is 0 Å². The number of nitrogens with zero attached hydrogens (tertiary/aromatic N) is 1. The molecule has 0 aliphatic carbocycles. The summed E-state index contributed by atoms with van der Waals surface area (Å²) in [6.07, 6.45) is 1.21. The normalized spacial score (nSPS) is 22.3. The minimum Gasteiger partial charge on any atom is -0.384 e. The lowest BCUT2D eigenvalue weighted by Gasteiger charge is -2.27. The summed E-state index contributed by atoms with van der Waals surface area (Å²) in [6, 6.07) is 8.77. The quantitative estimate of drug-likeness (QED) is 0.907. The molecule has 0 radical (unpaired) electrons. The lowest BCUT2D eigenvalue weighted by Crippen LogP contribution is -2.32. The van der Waals surface area contributed by atoms with Gasteiger partial charge in [-0.2, -0.15) is 0 Å². The predicted molar refractivity (Wildman–Crippen MR) is 77.5 cm³/mol. The van der Waals surface area contributed by atoms with Crippen LogP contribution in [0.4, 0.5) is 0 Å². The van der Waals surface area contributed by atoms with E-state index in [9.17, 15) is 0 Å². The number of benzene rings is 1. The molecule has 1 aliphatic rings. The van der Waals surface area contributed by atoms with E-state index < -0.39 is 0 Å². The van der Waals surface area contributed by atoms with Crippen molar-refractivity contribution in [3.63, 3.8) is 0 Å². The van der Waals surface area contributed by atoms with Crippen LogP contribution in [-0.4, -0.2) is 38.3 Å². The van der Waals surface area contributed by atoms with Gasteiger partial charge in [0.2, 0.25) is 0 Å². The van der Waals surface area contributed by atoms with Gasteiger partial charge in [-0.3, -0.25) is 4.90 Å². The third-order valence-electron chi connectivity index (χ3n) is 3.62. The maximum atomic E-state index is 5.97. The van der Waals surface area contributed by atoms with Gasteiger partial charge in [-0.05, 0) is 36.6 Å². The Morgan fingerprint density at radius 2 is 2.39 bits per heavy atom. The van der Waals surface area contributed by atoms with E-state index in [-0.39, 0.29) is 0 Å². The average molecular weight is 313 g/mol. The van der Waals surface area contributed by atoms with Gasteiger partial charge in [0.05, 0.1) is 6.61 Å². The average Bonchev–Trinajstić information content (AvgIpc) is 2.79. The number of hydrogen-bond donors (Lipinski definition) is 1. The van der Waals surface area contributed by atoms with E-state index in [1.165, 1.54) is 12.0 Å². The minimum atomic E-state index is 0.323. The zero-order valence-corrected chi connectivity index (χ0v) is 12.4. The number of likely N-dealkylation sites (tertiary alicyclic amines) is 1. The van der Waals surface area contributed by atoms with Crippen molar-refractivity contribution in [1.29, 1.82) is 0 Å². The van der Waals surface area contributed by atoms with Crippen molar-refractivity contribution in [2.45, 2.75) is 12.5 Å². The molecule has 1 aliphatic heterocycles. The molecule has 100 valence electrons. The molecule has 18 heavy (non-hydrogen) atoms. The van der Waals surface area contributed by atoms with Crippen molar-refractivity contribution in [2.75, 3.05) is 33.4 Å². The van der Waals surface area contributed by atoms with Gasteiger partial charge in [0.15, 0.2) is 0 Å². The van der Waals surface area contributed by atoms with Gasteiger partial charge >= 0.3 is 0 Å². The van der Waals surface area contributed by atoms with Gasteiger partial charge in [-0.1, -0.05) is 28.1 Å². The van der Waals surface area contributed by atoms with Crippen LogP contribution in [0.3, 0.4) is 0 Å². The summed E-state index contributed by atoms with van der Waals surface area (Å²) in [5.41, 5.74) is 7.26. The monoisotopic (exact) mass is 312 g/mol. The van der Waals surface area contributed by atoms with Crippen molar-refractivity contribution in [1.82, 2.24) is 4.90 Å². The number of methoxy groups -OCH3 is 1. The summed E-state index contributed by atoms with van der Waals surface area (Å²) in [5, 5.41) is 0.